The molecule has 0 spiro atoms. The van der Waals surface area contributed by atoms with Crippen molar-refractivity contribution in [3.63, 3.8) is 0 Å². The lowest BCUT2D eigenvalue weighted by molar-refractivity contribution is 0.0910. The predicted octanol–water partition coefficient (Wildman–Crippen LogP) is 5.07. The van der Waals surface area contributed by atoms with Crippen molar-refractivity contribution in [1.29, 1.82) is 0 Å². The zero-order valence-corrected chi connectivity index (χ0v) is 17.1. The molecule has 1 heterocycles. The molecule has 1 N–H and O–H groups in total. The Morgan fingerprint density at radius 2 is 1.72 bits per heavy atom. The van der Waals surface area contributed by atoms with Crippen LogP contribution in [0.25, 0.3) is 5.69 Å². The van der Waals surface area contributed by atoms with Crippen molar-refractivity contribution >= 4 is 5.91 Å². The van der Waals surface area contributed by atoms with Crippen LogP contribution in [0.5, 0.6) is 0 Å². The molecule has 2 aromatic rings. The Bertz CT molecular complexity index is 977. The second kappa shape index (κ2) is 6.38. The molecular weight excluding hydrogens is 372 g/mol. The van der Waals surface area contributed by atoms with Gasteiger partial charge >= 0.3 is 0 Å². The molecule has 0 saturated heterocycles. The molecule has 1 aromatic carbocycles. The van der Waals surface area contributed by atoms with Gasteiger partial charge in [0.15, 0.2) is 11.5 Å². The fourth-order valence-corrected chi connectivity index (χ4v) is 5.95. The van der Waals surface area contributed by atoms with Crippen molar-refractivity contribution in [2.75, 3.05) is 0 Å². The molecule has 4 aliphatic carbocycles. The van der Waals surface area contributed by atoms with Gasteiger partial charge in [-0.15, -0.1) is 0 Å². The number of nitrogens with zero attached hydrogens (tertiary/aromatic N) is 2. The van der Waals surface area contributed by atoms with Crippen LogP contribution in [0.2, 0.25) is 0 Å². The van der Waals surface area contributed by atoms with Gasteiger partial charge in [-0.25, -0.2) is 13.5 Å². The Morgan fingerprint density at radius 1 is 1.07 bits per heavy atom. The van der Waals surface area contributed by atoms with Gasteiger partial charge in [0.1, 0.15) is 11.5 Å². The van der Waals surface area contributed by atoms with Crippen LogP contribution in [0.4, 0.5) is 8.78 Å². The van der Waals surface area contributed by atoms with Gasteiger partial charge in [-0.1, -0.05) is 0 Å². The normalized spacial score (nSPS) is 27.6. The molecule has 6 rings (SSSR count). The average molecular weight is 399 g/mol. The monoisotopic (exact) mass is 399 g/mol. The first kappa shape index (κ1) is 18.8. The summed E-state index contributed by atoms with van der Waals surface area (Å²) in [5.74, 6) is 0.409. The SMILES string of the molecule is CC(C)(C)NC(=O)c1nn(-c2ccc(F)cc2F)c2c1C1CC3CC(C1)CC2C3. The summed E-state index contributed by atoms with van der Waals surface area (Å²) >= 11 is 0. The van der Waals surface area contributed by atoms with Crippen molar-refractivity contribution in [2.45, 2.75) is 70.3 Å². The second-order valence-electron chi connectivity index (χ2n) is 10.2. The minimum absolute atomic E-state index is 0.212. The summed E-state index contributed by atoms with van der Waals surface area (Å²) in [6, 6.07) is 3.57. The summed E-state index contributed by atoms with van der Waals surface area (Å²) in [6.45, 7) is 5.81. The molecule has 2 unspecified atom stereocenters. The van der Waals surface area contributed by atoms with Gasteiger partial charge in [-0.05, 0) is 82.8 Å². The third-order valence-electron chi connectivity index (χ3n) is 6.73. The molecule has 154 valence electrons. The van der Waals surface area contributed by atoms with E-state index in [2.05, 4.69) is 10.4 Å². The number of aromatic nitrogens is 2. The minimum Gasteiger partial charge on any atom is -0.346 e. The van der Waals surface area contributed by atoms with E-state index in [0.29, 0.717) is 23.4 Å². The number of benzene rings is 1. The van der Waals surface area contributed by atoms with E-state index in [1.165, 1.54) is 18.6 Å². The second-order valence-corrected chi connectivity index (χ2v) is 10.2. The van der Waals surface area contributed by atoms with E-state index < -0.39 is 17.2 Å². The molecule has 1 aromatic heterocycles. The molecule has 0 aliphatic heterocycles. The average Bonchev–Trinajstić information content (AvgIpc) is 2.91. The standard InChI is InChI=1S/C23H27F2N3O/c1-23(2,3)26-22(29)20-19-14-7-12-6-13(8-14)10-15(9-12)21(19)28(27-20)18-5-4-16(24)11-17(18)25/h4-5,11-15H,6-10H2,1-3H3,(H,26,29). The quantitative estimate of drug-likeness (QED) is 0.766. The lowest BCUT2D eigenvalue weighted by Crippen LogP contribution is -2.41. The molecule has 1 amide bonds. The Labute approximate surface area is 169 Å². The fraction of sp³-hybridized carbons (Fsp3) is 0.565. The first-order valence-corrected chi connectivity index (χ1v) is 10.6. The van der Waals surface area contributed by atoms with Gasteiger partial charge < -0.3 is 5.32 Å². The van der Waals surface area contributed by atoms with Gasteiger partial charge in [-0.2, -0.15) is 5.10 Å². The molecule has 4 bridgehead atoms. The fourth-order valence-electron chi connectivity index (χ4n) is 5.95. The van der Waals surface area contributed by atoms with Gasteiger partial charge in [0, 0.05) is 23.1 Å². The Morgan fingerprint density at radius 3 is 2.34 bits per heavy atom. The van der Waals surface area contributed by atoms with Gasteiger partial charge in [-0.3, -0.25) is 4.79 Å². The van der Waals surface area contributed by atoms with Crippen LogP contribution in [0.3, 0.4) is 0 Å². The third-order valence-corrected chi connectivity index (χ3v) is 6.73. The molecular formula is C23H27F2N3O. The van der Waals surface area contributed by atoms with Crippen molar-refractivity contribution < 1.29 is 13.6 Å². The van der Waals surface area contributed by atoms with Crippen LogP contribution >= 0.6 is 0 Å². The van der Waals surface area contributed by atoms with Crippen LogP contribution in [0.1, 0.15) is 86.5 Å². The van der Waals surface area contributed by atoms with E-state index in [4.69, 9.17) is 0 Å². The minimum atomic E-state index is -0.651. The summed E-state index contributed by atoms with van der Waals surface area (Å²) in [6.07, 6.45) is 5.55. The summed E-state index contributed by atoms with van der Waals surface area (Å²) in [4.78, 5) is 13.2. The maximum atomic E-state index is 14.7. The first-order chi connectivity index (χ1) is 13.7. The highest BCUT2D eigenvalue weighted by Crippen LogP contribution is 2.57. The van der Waals surface area contributed by atoms with E-state index in [1.807, 2.05) is 20.8 Å². The highest BCUT2D eigenvalue weighted by Gasteiger charge is 2.46. The number of halogens is 2. The largest absolute Gasteiger partial charge is 0.346 e. The number of nitrogens with one attached hydrogen (secondary N) is 1. The molecule has 29 heavy (non-hydrogen) atoms. The van der Waals surface area contributed by atoms with Crippen molar-refractivity contribution in [1.82, 2.24) is 15.1 Å². The van der Waals surface area contributed by atoms with Crippen LogP contribution in [0.15, 0.2) is 18.2 Å². The number of rotatable bonds is 2. The lowest BCUT2D eigenvalue weighted by Gasteiger charge is -2.38. The topological polar surface area (TPSA) is 46.9 Å². The summed E-state index contributed by atoms with van der Waals surface area (Å²) in [5, 5.41) is 7.67. The first-order valence-electron chi connectivity index (χ1n) is 10.6. The number of hydrogen-bond donors (Lipinski definition) is 1. The number of amides is 1. The van der Waals surface area contributed by atoms with E-state index in [9.17, 15) is 13.6 Å². The molecule has 2 atom stereocenters. The molecule has 4 nitrogen and oxygen atoms in total. The van der Waals surface area contributed by atoms with Crippen LogP contribution in [0, 0.1) is 23.5 Å². The Balaban J connectivity index is 1.71. The molecule has 4 aliphatic rings. The van der Waals surface area contributed by atoms with Gasteiger partial charge in [0.2, 0.25) is 0 Å². The Kier molecular flexibility index (Phi) is 4.13. The number of carbonyl (C=O) groups is 1. The summed E-state index contributed by atoms with van der Waals surface area (Å²) < 4.78 is 29.8. The number of carbonyl (C=O) groups excluding carboxylic acids is 1. The van der Waals surface area contributed by atoms with Crippen LogP contribution < -0.4 is 5.32 Å². The molecule has 6 heteroatoms. The maximum absolute atomic E-state index is 14.7. The number of hydrogen-bond acceptors (Lipinski definition) is 2. The Hall–Kier alpha value is -2.24. The van der Waals surface area contributed by atoms with Crippen molar-refractivity contribution in [3.8, 4) is 5.69 Å². The van der Waals surface area contributed by atoms with Crippen molar-refractivity contribution in [3.05, 3.63) is 46.8 Å². The van der Waals surface area contributed by atoms with E-state index >= 15 is 0 Å². The summed E-state index contributed by atoms with van der Waals surface area (Å²) in [7, 11) is 0. The zero-order chi connectivity index (χ0) is 20.5. The zero-order valence-electron chi connectivity index (χ0n) is 17.1. The lowest BCUT2D eigenvalue weighted by atomic mass is 9.67. The smallest absolute Gasteiger partial charge is 0.272 e. The molecule has 2 fully saturated rings. The van der Waals surface area contributed by atoms with Gasteiger partial charge in [0.05, 0.1) is 5.69 Å². The van der Waals surface area contributed by atoms with E-state index in [-0.39, 0.29) is 17.5 Å². The highest BCUT2D eigenvalue weighted by molar-refractivity contribution is 5.95. The van der Waals surface area contributed by atoms with Crippen LogP contribution in [-0.2, 0) is 0 Å². The van der Waals surface area contributed by atoms with E-state index in [0.717, 1.165) is 43.0 Å². The molecule has 0 radical (unpaired) electrons. The third kappa shape index (κ3) is 3.17. The van der Waals surface area contributed by atoms with Gasteiger partial charge in [0.25, 0.3) is 5.91 Å². The van der Waals surface area contributed by atoms with E-state index in [1.54, 1.807) is 4.68 Å². The van der Waals surface area contributed by atoms with Crippen LogP contribution in [-0.4, -0.2) is 21.2 Å². The predicted molar refractivity (Wildman–Crippen MR) is 106 cm³/mol. The maximum Gasteiger partial charge on any atom is 0.272 e. The molecule has 2 saturated carbocycles. The highest BCUT2D eigenvalue weighted by atomic mass is 19.1. The summed E-state index contributed by atoms with van der Waals surface area (Å²) in [5.41, 5.74) is 2.22. The van der Waals surface area contributed by atoms with Crippen molar-refractivity contribution in [2.24, 2.45) is 11.8 Å².